The topological polar surface area (TPSA) is 50.2 Å². The molecule has 0 amide bonds. The number of carboxylic acids is 1. The minimum absolute atomic E-state index is 0.00478. The first-order valence-electron chi connectivity index (χ1n) is 4.35. The highest BCUT2D eigenvalue weighted by Crippen LogP contribution is 2.26. The maximum atomic E-state index is 10.5. The number of rotatable bonds is 4. The van der Waals surface area contributed by atoms with Gasteiger partial charge in [-0.1, -0.05) is 13.8 Å². The number of hydrogen-bond acceptors (Lipinski definition) is 3. The predicted octanol–water partition coefficient (Wildman–Crippen LogP) is 2.73. The molecule has 0 atom stereocenters. The lowest BCUT2D eigenvalue weighted by Gasteiger charge is -1.98. The summed E-state index contributed by atoms with van der Waals surface area (Å²) in [6.07, 6.45) is 0.901. The second kappa shape index (κ2) is 4.89. The molecular formula is C9H12BrNO2S. The number of aromatic nitrogens is 1. The molecule has 0 bridgehead atoms. The van der Waals surface area contributed by atoms with Crippen molar-refractivity contribution in [3.05, 3.63) is 14.5 Å². The Kier molecular flexibility index (Phi) is 4.07. The standard InChI is InChI=1S/C9H12BrNO2S/c1-5(2)3-7-11-6(4-8(12)13)9(10)14-7/h5H,3-4H2,1-2H3,(H,12,13). The molecule has 1 heterocycles. The van der Waals surface area contributed by atoms with Crippen LogP contribution < -0.4 is 0 Å². The van der Waals surface area contributed by atoms with Gasteiger partial charge in [0.15, 0.2) is 0 Å². The van der Waals surface area contributed by atoms with E-state index in [1.807, 2.05) is 0 Å². The van der Waals surface area contributed by atoms with Crippen LogP contribution in [0.3, 0.4) is 0 Å². The molecule has 1 rings (SSSR count). The molecule has 14 heavy (non-hydrogen) atoms. The molecule has 1 aromatic heterocycles. The van der Waals surface area contributed by atoms with Crippen molar-refractivity contribution >= 4 is 33.2 Å². The second-order valence-electron chi connectivity index (χ2n) is 3.50. The molecule has 0 aromatic carbocycles. The Bertz CT molecular complexity index is 336. The van der Waals surface area contributed by atoms with Gasteiger partial charge in [0.1, 0.15) is 0 Å². The van der Waals surface area contributed by atoms with Crippen LogP contribution in [0.1, 0.15) is 24.5 Å². The number of thiazole rings is 1. The van der Waals surface area contributed by atoms with E-state index in [2.05, 4.69) is 34.8 Å². The molecule has 0 aliphatic rings. The fraction of sp³-hybridized carbons (Fsp3) is 0.556. The van der Waals surface area contributed by atoms with Crippen LogP contribution in [0.4, 0.5) is 0 Å². The fourth-order valence-corrected chi connectivity index (χ4v) is 2.87. The van der Waals surface area contributed by atoms with Crippen LogP contribution in [0, 0.1) is 5.92 Å². The Hall–Kier alpha value is -0.420. The summed E-state index contributed by atoms with van der Waals surface area (Å²) >= 11 is 4.86. The number of aliphatic carboxylic acids is 1. The van der Waals surface area contributed by atoms with Crippen molar-refractivity contribution in [2.45, 2.75) is 26.7 Å². The van der Waals surface area contributed by atoms with E-state index in [1.165, 1.54) is 11.3 Å². The van der Waals surface area contributed by atoms with E-state index >= 15 is 0 Å². The van der Waals surface area contributed by atoms with Crippen molar-refractivity contribution in [3.8, 4) is 0 Å². The molecular weight excluding hydrogens is 266 g/mol. The summed E-state index contributed by atoms with van der Waals surface area (Å²) < 4.78 is 0.843. The highest BCUT2D eigenvalue weighted by atomic mass is 79.9. The Morgan fingerprint density at radius 2 is 2.29 bits per heavy atom. The van der Waals surface area contributed by atoms with Crippen LogP contribution in [-0.2, 0) is 17.6 Å². The number of hydrogen-bond donors (Lipinski definition) is 1. The number of halogens is 1. The van der Waals surface area contributed by atoms with Crippen molar-refractivity contribution < 1.29 is 9.90 Å². The van der Waals surface area contributed by atoms with E-state index in [-0.39, 0.29) is 6.42 Å². The first-order chi connectivity index (χ1) is 6.49. The second-order valence-corrected chi connectivity index (χ2v) is 5.90. The molecule has 0 spiro atoms. The fourth-order valence-electron chi connectivity index (χ4n) is 1.07. The van der Waals surface area contributed by atoms with E-state index in [4.69, 9.17) is 5.11 Å². The number of carbonyl (C=O) groups is 1. The third-order valence-electron chi connectivity index (χ3n) is 1.60. The Labute approximate surface area is 95.3 Å². The van der Waals surface area contributed by atoms with Gasteiger partial charge in [0.25, 0.3) is 0 Å². The maximum absolute atomic E-state index is 10.5. The van der Waals surface area contributed by atoms with E-state index in [9.17, 15) is 4.79 Å². The van der Waals surface area contributed by atoms with Crippen molar-refractivity contribution in [2.75, 3.05) is 0 Å². The van der Waals surface area contributed by atoms with Crippen LogP contribution in [0.15, 0.2) is 3.79 Å². The molecule has 78 valence electrons. The normalized spacial score (nSPS) is 10.9. The number of nitrogens with zero attached hydrogens (tertiary/aromatic N) is 1. The lowest BCUT2D eigenvalue weighted by molar-refractivity contribution is -0.136. The quantitative estimate of drug-likeness (QED) is 0.921. The van der Waals surface area contributed by atoms with Crippen molar-refractivity contribution in [1.82, 2.24) is 4.98 Å². The summed E-state index contributed by atoms with van der Waals surface area (Å²) in [7, 11) is 0. The van der Waals surface area contributed by atoms with Crippen LogP contribution in [-0.4, -0.2) is 16.1 Å². The maximum Gasteiger partial charge on any atom is 0.309 e. The summed E-state index contributed by atoms with van der Waals surface area (Å²) in [5.74, 6) is -0.294. The summed E-state index contributed by atoms with van der Waals surface area (Å²) in [5, 5.41) is 9.63. The highest BCUT2D eigenvalue weighted by Gasteiger charge is 2.12. The van der Waals surface area contributed by atoms with E-state index < -0.39 is 5.97 Å². The molecule has 0 saturated carbocycles. The van der Waals surface area contributed by atoms with E-state index in [0.717, 1.165) is 15.2 Å². The van der Waals surface area contributed by atoms with Crippen molar-refractivity contribution in [1.29, 1.82) is 0 Å². The molecule has 1 aromatic rings. The zero-order chi connectivity index (χ0) is 10.7. The van der Waals surface area contributed by atoms with Gasteiger partial charge in [-0.05, 0) is 21.8 Å². The first kappa shape index (κ1) is 11.7. The Morgan fingerprint density at radius 1 is 1.64 bits per heavy atom. The largest absolute Gasteiger partial charge is 0.481 e. The van der Waals surface area contributed by atoms with Gasteiger partial charge < -0.3 is 5.11 Å². The zero-order valence-corrected chi connectivity index (χ0v) is 10.5. The molecule has 0 saturated heterocycles. The van der Waals surface area contributed by atoms with Crippen molar-refractivity contribution in [3.63, 3.8) is 0 Å². The van der Waals surface area contributed by atoms with Gasteiger partial charge in [-0.2, -0.15) is 0 Å². The summed E-state index contributed by atoms with van der Waals surface area (Å²) in [4.78, 5) is 14.8. The molecule has 0 fully saturated rings. The van der Waals surface area contributed by atoms with Gasteiger partial charge >= 0.3 is 5.97 Å². The van der Waals surface area contributed by atoms with Gasteiger partial charge in [-0.15, -0.1) is 11.3 Å². The lowest BCUT2D eigenvalue weighted by atomic mass is 10.1. The molecule has 0 unspecified atom stereocenters. The number of carboxylic acid groups (broad SMARTS) is 1. The monoisotopic (exact) mass is 277 g/mol. The lowest BCUT2D eigenvalue weighted by Crippen LogP contribution is -2.01. The Morgan fingerprint density at radius 3 is 2.79 bits per heavy atom. The van der Waals surface area contributed by atoms with Gasteiger partial charge in [0.05, 0.1) is 20.9 Å². The van der Waals surface area contributed by atoms with Crippen LogP contribution in [0.5, 0.6) is 0 Å². The Balaban J connectivity index is 2.76. The van der Waals surface area contributed by atoms with E-state index in [1.54, 1.807) is 0 Å². The molecule has 1 N–H and O–H groups in total. The third-order valence-corrected chi connectivity index (χ3v) is 3.45. The molecule has 3 nitrogen and oxygen atoms in total. The minimum Gasteiger partial charge on any atom is -0.481 e. The molecule has 0 radical (unpaired) electrons. The SMILES string of the molecule is CC(C)Cc1nc(CC(=O)O)c(Br)s1. The molecule has 5 heteroatoms. The smallest absolute Gasteiger partial charge is 0.309 e. The molecule has 0 aliphatic carbocycles. The third kappa shape index (κ3) is 3.38. The average Bonchev–Trinajstić information content (AvgIpc) is 2.28. The highest BCUT2D eigenvalue weighted by molar-refractivity contribution is 9.11. The van der Waals surface area contributed by atoms with Gasteiger partial charge in [-0.3, -0.25) is 4.79 Å². The molecule has 0 aliphatic heterocycles. The van der Waals surface area contributed by atoms with Gasteiger partial charge in [-0.25, -0.2) is 4.98 Å². The van der Waals surface area contributed by atoms with Gasteiger partial charge in [0, 0.05) is 6.42 Å². The summed E-state index contributed by atoms with van der Waals surface area (Å²) in [5.41, 5.74) is 0.637. The average molecular weight is 278 g/mol. The zero-order valence-electron chi connectivity index (χ0n) is 8.08. The van der Waals surface area contributed by atoms with Gasteiger partial charge in [0.2, 0.25) is 0 Å². The van der Waals surface area contributed by atoms with Crippen LogP contribution in [0.2, 0.25) is 0 Å². The van der Waals surface area contributed by atoms with Crippen LogP contribution >= 0.6 is 27.3 Å². The predicted molar refractivity (Wildman–Crippen MR) is 59.7 cm³/mol. The summed E-state index contributed by atoms with van der Waals surface area (Å²) in [6, 6.07) is 0. The van der Waals surface area contributed by atoms with Crippen molar-refractivity contribution in [2.24, 2.45) is 5.92 Å². The van der Waals surface area contributed by atoms with Crippen LogP contribution in [0.25, 0.3) is 0 Å². The summed E-state index contributed by atoms with van der Waals surface area (Å²) in [6.45, 7) is 4.23. The first-order valence-corrected chi connectivity index (χ1v) is 5.96. The minimum atomic E-state index is -0.841. The van der Waals surface area contributed by atoms with E-state index in [0.29, 0.717) is 11.6 Å².